The van der Waals surface area contributed by atoms with E-state index >= 15 is 0 Å². The molecule has 0 atom stereocenters. The van der Waals surface area contributed by atoms with Gasteiger partial charge in [0, 0.05) is 6.54 Å². The Morgan fingerprint density at radius 2 is 1.85 bits per heavy atom. The summed E-state index contributed by atoms with van der Waals surface area (Å²) in [5.41, 5.74) is 1.23. The van der Waals surface area contributed by atoms with E-state index in [4.69, 9.17) is 4.42 Å². The van der Waals surface area contributed by atoms with Crippen LogP contribution in [-0.2, 0) is 17.9 Å². The van der Waals surface area contributed by atoms with Crippen LogP contribution in [0.4, 0.5) is 0 Å². The predicted molar refractivity (Wildman–Crippen MR) is 97.3 cm³/mol. The van der Waals surface area contributed by atoms with Crippen molar-refractivity contribution in [3.05, 3.63) is 69.4 Å². The summed E-state index contributed by atoms with van der Waals surface area (Å²) < 4.78 is 7.55. The van der Waals surface area contributed by atoms with Crippen LogP contribution < -0.4 is 16.6 Å². The molecule has 4 rings (SSSR count). The maximum Gasteiger partial charge on any atom is 0.420 e. The fourth-order valence-electron chi connectivity index (χ4n) is 2.83. The molecule has 9 nitrogen and oxygen atoms in total. The molecular weight excluding hydrogens is 350 g/mol. The highest BCUT2D eigenvalue weighted by Crippen LogP contribution is 2.11. The molecule has 0 radical (unpaired) electrons. The molecule has 2 aromatic carbocycles. The highest BCUT2D eigenvalue weighted by atomic mass is 16.4. The van der Waals surface area contributed by atoms with Gasteiger partial charge in [-0.1, -0.05) is 29.5 Å². The molecule has 0 saturated heterocycles. The number of hydrogen-bond donors (Lipinski definition) is 1. The van der Waals surface area contributed by atoms with Crippen molar-refractivity contribution >= 4 is 27.9 Å². The van der Waals surface area contributed by atoms with Crippen LogP contribution in [0.5, 0.6) is 0 Å². The molecule has 0 saturated carbocycles. The number of benzene rings is 2. The lowest BCUT2D eigenvalue weighted by atomic mass is 10.2. The molecule has 2 heterocycles. The highest BCUT2D eigenvalue weighted by Gasteiger charge is 2.12. The molecule has 0 unspecified atom stereocenters. The summed E-state index contributed by atoms with van der Waals surface area (Å²) in [4.78, 5) is 36.4. The van der Waals surface area contributed by atoms with Gasteiger partial charge in [-0.05, 0) is 24.3 Å². The minimum absolute atomic E-state index is 0.170. The summed E-state index contributed by atoms with van der Waals surface area (Å²) in [7, 11) is 0. The standard InChI is InChI=1S/C18H15N5O4/c24-16(11-22-14-7-3-4-8-15(14)27-18(22)26)19-9-10-23-17(25)12-5-1-2-6-13(12)20-21-23/h1-8H,9-11H2,(H,19,24). The Kier molecular flexibility index (Phi) is 4.25. The molecule has 1 N–H and O–H groups in total. The number of oxazole rings is 1. The largest absolute Gasteiger partial charge is 0.420 e. The fourth-order valence-corrected chi connectivity index (χ4v) is 2.83. The van der Waals surface area contributed by atoms with E-state index in [0.717, 1.165) is 0 Å². The summed E-state index contributed by atoms with van der Waals surface area (Å²) in [6, 6.07) is 13.8. The number of para-hydroxylation sites is 2. The number of nitrogens with one attached hydrogen (secondary N) is 1. The first-order chi connectivity index (χ1) is 13.1. The van der Waals surface area contributed by atoms with E-state index in [1.807, 2.05) is 0 Å². The van der Waals surface area contributed by atoms with Crippen LogP contribution in [0.15, 0.2) is 62.5 Å². The van der Waals surface area contributed by atoms with Crippen LogP contribution in [0.2, 0.25) is 0 Å². The molecule has 0 fully saturated rings. The van der Waals surface area contributed by atoms with Crippen molar-refractivity contribution in [2.75, 3.05) is 6.54 Å². The average molecular weight is 365 g/mol. The molecule has 136 valence electrons. The second-order valence-corrected chi connectivity index (χ2v) is 5.91. The number of carbonyl (C=O) groups is 1. The maximum atomic E-state index is 12.3. The van der Waals surface area contributed by atoms with Crippen LogP contribution in [-0.4, -0.2) is 32.0 Å². The van der Waals surface area contributed by atoms with Gasteiger partial charge in [0.05, 0.1) is 17.4 Å². The summed E-state index contributed by atoms with van der Waals surface area (Å²) in [6.07, 6.45) is 0. The van der Waals surface area contributed by atoms with Crippen LogP contribution >= 0.6 is 0 Å². The number of nitrogens with zero attached hydrogens (tertiary/aromatic N) is 4. The second-order valence-electron chi connectivity index (χ2n) is 5.91. The first-order valence-electron chi connectivity index (χ1n) is 8.31. The lowest BCUT2D eigenvalue weighted by molar-refractivity contribution is -0.121. The van der Waals surface area contributed by atoms with Crippen LogP contribution in [0, 0.1) is 0 Å². The van der Waals surface area contributed by atoms with Crippen LogP contribution in [0.1, 0.15) is 0 Å². The van der Waals surface area contributed by atoms with Crippen molar-refractivity contribution in [1.82, 2.24) is 24.9 Å². The highest BCUT2D eigenvalue weighted by molar-refractivity contribution is 5.79. The van der Waals surface area contributed by atoms with Gasteiger partial charge in [0.25, 0.3) is 5.56 Å². The van der Waals surface area contributed by atoms with Crippen molar-refractivity contribution in [3.63, 3.8) is 0 Å². The fraction of sp³-hybridized carbons (Fsp3) is 0.167. The van der Waals surface area contributed by atoms with Crippen molar-refractivity contribution in [1.29, 1.82) is 0 Å². The number of fused-ring (bicyclic) bond motifs is 2. The Hall–Kier alpha value is -3.75. The Bertz CT molecular complexity index is 1250. The van der Waals surface area contributed by atoms with E-state index in [-0.39, 0.29) is 31.1 Å². The van der Waals surface area contributed by atoms with E-state index in [9.17, 15) is 14.4 Å². The third kappa shape index (κ3) is 3.22. The van der Waals surface area contributed by atoms with Crippen LogP contribution in [0.3, 0.4) is 0 Å². The van der Waals surface area contributed by atoms with Gasteiger partial charge in [0.15, 0.2) is 5.58 Å². The van der Waals surface area contributed by atoms with Gasteiger partial charge in [0.1, 0.15) is 12.1 Å². The lowest BCUT2D eigenvalue weighted by Gasteiger charge is -2.07. The average Bonchev–Trinajstić information content (AvgIpc) is 2.99. The molecule has 0 aliphatic heterocycles. The Morgan fingerprint density at radius 3 is 2.74 bits per heavy atom. The van der Waals surface area contributed by atoms with Gasteiger partial charge >= 0.3 is 5.76 Å². The Balaban J connectivity index is 1.43. The smallest absolute Gasteiger partial charge is 0.408 e. The zero-order valence-electron chi connectivity index (χ0n) is 14.2. The van der Waals surface area contributed by atoms with Crippen molar-refractivity contribution < 1.29 is 9.21 Å². The molecule has 0 aliphatic carbocycles. The van der Waals surface area contributed by atoms with Crippen LogP contribution in [0.25, 0.3) is 22.0 Å². The van der Waals surface area contributed by atoms with E-state index in [2.05, 4.69) is 15.6 Å². The number of amides is 1. The normalized spacial score (nSPS) is 11.1. The van der Waals surface area contributed by atoms with E-state index in [1.54, 1.807) is 48.5 Å². The van der Waals surface area contributed by atoms with Gasteiger partial charge in [0.2, 0.25) is 5.91 Å². The first kappa shape index (κ1) is 16.7. The molecule has 0 spiro atoms. The minimum Gasteiger partial charge on any atom is -0.408 e. The molecule has 9 heteroatoms. The predicted octanol–water partition coefficient (Wildman–Crippen LogP) is 0.516. The van der Waals surface area contributed by atoms with Crippen molar-refractivity contribution in [3.8, 4) is 0 Å². The lowest BCUT2D eigenvalue weighted by Crippen LogP contribution is -2.35. The molecule has 27 heavy (non-hydrogen) atoms. The zero-order valence-corrected chi connectivity index (χ0v) is 14.2. The number of hydrogen-bond acceptors (Lipinski definition) is 6. The van der Waals surface area contributed by atoms with Gasteiger partial charge < -0.3 is 9.73 Å². The third-order valence-corrected chi connectivity index (χ3v) is 4.15. The van der Waals surface area contributed by atoms with Gasteiger partial charge in [-0.25, -0.2) is 9.48 Å². The summed E-state index contributed by atoms with van der Waals surface area (Å²) in [5.74, 6) is -0.964. The Labute approximate surface area is 151 Å². The SMILES string of the molecule is O=C(Cn1c(=O)oc2ccccc21)NCCn1nnc2ccccc2c1=O. The quantitative estimate of drug-likeness (QED) is 0.552. The molecule has 2 aromatic heterocycles. The van der Waals surface area contributed by atoms with Crippen molar-refractivity contribution in [2.45, 2.75) is 13.1 Å². The van der Waals surface area contributed by atoms with E-state index in [1.165, 1.54) is 9.25 Å². The number of aromatic nitrogens is 4. The molecule has 0 bridgehead atoms. The minimum atomic E-state index is -0.594. The summed E-state index contributed by atoms with van der Waals surface area (Å²) >= 11 is 0. The van der Waals surface area contributed by atoms with E-state index < -0.39 is 5.76 Å². The molecule has 0 aliphatic rings. The first-order valence-corrected chi connectivity index (χ1v) is 8.31. The van der Waals surface area contributed by atoms with Gasteiger partial charge in [-0.3, -0.25) is 14.2 Å². The zero-order chi connectivity index (χ0) is 18.8. The third-order valence-electron chi connectivity index (χ3n) is 4.15. The van der Waals surface area contributed by atoms with E-state index in [0.29, 0.717) is 22.0 Å². The molecular formula is C18H15N5O4. The second kappa shape index (κ2) is 6.87. The van der Waals surface area contributed by atoms with Crippen molar-refractivity contribution in [2.24, 2.45) is 0 Å². The number of carbonyl (C=O) groups excluding carboxylic acids is 1. The van der Waals surface area contributed by atoms with Gasteiger partial charge in [-0.15, -0.1) is 5.10 Å². The maximum absolute atomic E-state index is 12.3. The van der Waals surface area contributed by atoms with Gasteiger partial charge in [-0.2, -0.15) is 0 Å². The summed E-state index contributed by atoms with van der Waals surface area (Å²) in [6.45, 7) is 0.174. The monoisotopic (exact) mass is 365 g/mol. The molecule has 4 aromatic rings. The topological polar surface area (TPSA) is 112 Å². The summed E-state index contributed by atoms with van der Waals surface area (Å²) in [5, 5.41) is 11.0. The number of rotatable bonds is 5. The Morgan fingerprint density at radius 1 is 1.07 bits per heavy atom. The molecule has 1 amide bonds.